The molecular formula is C16H22N4O2. The number of nitrogens with one attached hydrogen (secondary N) is 2. The summed E-state index contributed by atoms with van der Waals surface area (Å²) in [5, 5.41) is 9.59. The summed E-state index contributed by atoms with van der Waals surface area (Å²) in [6, 6.07) is 7.80. The fourth-order valence-electron chi connectivity index (χ4n) is 2.16. The molecule has 1 heterocycles. The lowest BCUT2D eigenvalue weighted by atomic mass is 9.98. The third kappa shape index (κ3) is 4.51. The number of amides is 2. The number of nitrogens with zero attached hydrogens (tertiary/aromatic N) is 2. The average Bonchev–Trinajstić information content (AvgIpc) is 2.92. The summed E-state index contributed by atoms with van der Waals surface area (Å²) in [4.78, 5) is 11.7. The van der Waals surface area contributed by atoms with Gasteiger partial charge in [-0.2, -0.15) is 5.10 Å². The number of carbonyl (C=O) groups excluding carboxylic acids is 1. The molecule has 2 N–H and O–H groups in total. The quantitative estimate of drug-likeness (QED) is 0.862. The number of aryl methyl sites for hydroxylation is 1. The highest BCUT2D eigenvalue weighted by molar-refractivity contribution is 5.88. The molecule has 6 nitrogen and oxygen atoms in total. The molecule has 2 rings (SSSR count). The van der Waals surface area contributed by atoms with Gasteiger partial charge < -0.3 is 15.4 Å². The van der Waals surface area contributed by atoms with Crippen molar-refractivity contribution < 1.29 is 9.53 Å². The maximum Gasteiger partial charge on any atom is 0.319 e. The number of rotatable bonds is 6. The van der Waals surface area contributed by atoms with Gasteiger partial charge in [0.25, 0.3) is 0 Å². The number of hydrogen-bond donors (Lipinski definition) is 2. The molecule has 0 radical (unpaired) electrons. The SMILES string of the molecule is COc1ccc(C(C)CCNC(=O)Nc2cnn(C)c2)cc1. The van der Waals surface area contributed by atoms with Gasteiger partial charge in [0.15, 0.2) is 0 Å². The lowest BCUT2D eigenvalue weighted by molar-refractivity contribution is 0.252. The molecule has 2 aromatic rings. The van der Waals surface area contributed by atoms with Crippen LogP contribution in [0.4, 0.5) is 10.5 Å². The van der Waals surface area contributed by atoms with E-state index in [2.05, 4.69) is 34.8 Å². The van der Waals surface area contributed by atoms with E-state index in [0.29, 0.717) is 18.2 Å². The minimum Gasteiger partial charge on any atom is -0.497 e. The van der Waals surface area contributed by atoms with Crippen LogP contribution in [0.2, 0.25) is 0 Å². The minimum atomic E-state index is -0.213. The lowest BCUT2D eigenvalue weighted by Crippen LogP contribution is -2.30. The average molecular weight is 302 g/mol. The summed E-state index contributed by atoms with van der Waals surface area (Å²) in [5.74, 6) is 1.22. The largest absolute Gasteiger partial charge is 0.497 e. The molecule has 1 atom stereocenters. The van der Waals surface area contributed by atoms with Gasteiger partial charge in [0.2, 0.25) is 0 Å². The van der Waals surface area contributed by atoms with Crippen molar-refractivity contribution in [2.24, 2.45) is 7.05 Å². The second-order valence-electron chi connectivity index (χ2n) is 5.25. The van der Waals surface area contributed by atoms with E-state index in [1.807, 2.05) is 12.1 Å². The van der Waals surface area contributed by atoms with Gasteiger partial charge in [-0.1, -0.05) is 19.1 Å². The van der Waals surface area contributed by atoms with E-state index in [0.717, 1.165) is 12.2 Å². The van der Waals surface area contributed by atoms with E-state index in [4.69, 9.17) is 4.74 Å². The van der Waals surface area contributed by atoms with Crippen LogP contribution in [0.3, 0.4) is 0 Å². The zero-order valence-electron chi connectivity index (χ0n) is 13.2. The molecule has 0 fully saturated rings. The number of carbonyl (C=O) groups is 1. The lowest BCUT2D eigenvalue weighted by Gasteiger charge is -2.13. The first kappa shape index (κ1) is 15.9. The molecule has 0 saturated carbocycles. The summed E-state index contributed by atoms with van der Waals surface area (Å²) < 4.78 is 6.79. The van der Waals surface area contributed by atoms with Crippen molar-refractivity contribution in [1.82, 2.24) is 15.1 Å². The molecular weight excluding hydrogens is 280 g/mol. The van der Waals surface area contributed by atoms with Crippen LogP contribution < -0.4 is 15.4 Å². The van der Waals surface area contributed by atoms with Crippen molar-refractivity contribution in [3.8, 4) is 5.75 Å². The maximum atomic E-state index is 11.7. The Bertz CT molecular complexity index is 607. The normalized spacial score (nSPS) is 11.8. The van der Waals surface area contributed by atoms with E-state index in [1.165, 1.54) is 5.56 Å². The Hall–Kier alpha value is -2.50. The molecule has 0 aliphatic rings. The summed E-state index contributed by atoms with van der Waals surface area (Å²) in [7, 11) is 3.46. The second-order valence-corrected chi connectivity index (χ2v) is 5.25. The van der Waals surface area contributed by atoms with E-state index in [1.54, 1.807) is 31.2 Å². The van der Waals surface area contributed by atoms with E-state index in [9.17, 15) is 4.79 Å². The number of urea groups is 1. The Morgan fingerprint density at radius 2 is 2.09 bits per heavy atom. The number of hydrogen-bond acceptors (Lipinski definition) is 3. The van der Waals surface area contributed by atoms with Crippen LogP contribution in [-0.2, 0) is 7.05 Å². The zero-order valence-corrected chi connectivity index (χ0v) is 13.2. The van der Waals surface area contributed by atoms with E-state index in [-0.39, 0.29) is 6.03 Å². The third-order valence-electron chi connectivity index (χ3n) is 3.51. The van der Waals surface area contributed by atoms with Crippen LogP contribution in [0.5, 0.6) is 5.75 Å². The topological polar surface area (TPSA) is 68.2 Å². The number of anilines is 1. The highest BCUT2D eigenvalue weighted by Gasteiger charge is 2.07. The summed E-state index contributed by atoms with van der Waals surface area (Å²) in [5.41, 5.74) is 1.92. The third-order valence-corrected chi connectivity index (χ3v) is 3.51. The monoisotopic (exact) mass is 302 g/mol. The molecule has 0 spiro atoms. The van der Waals surface area contributed by atoms with Gasteiger partial charge in [0, 0.05) is 19.8 Å². The Kier molecular flexibility index (Phi) is 5.41. The highest BCUT2D eigenvalue weighted by Crippen LogP contribution is 2.21. The zero-order chi connectivity index (χ0) is 15.9. The molecule has 2 amide bonds. The van der Waals surface area contributed by atoms with E-state index >= 15 is 0 Å². The van der Waals surface area contributed by atoms with Gasteiger partial charge in [-0.3, -0.25) is 4.68 Å². The maximum absolute atomic E-state index is 11.7. The Morgan fingerprint density at radius 1 is 1.36 bits per heavy atom. The van der Waals surface area contributed by atoms with Crippen molar-refractivity contribution in [2.75, 3.05) is 19.0 Å². The first-order valence-corrected chi connectivity index (χ1v) is 7.26. The first-order chi connectivity index (χ1) is 10.6. The Morgan fingerprint density at radius 3 is 2.68 bits per heavy atom. The van der Waals surface area contributed by atoms with Crippen molar-refractivity contribution >= 4 is 11.7 Å². The highest BCUT2D eigenvalue weighted by atomic mass is 16.5. The predicted octanol–water partition coefficient (Wildman–Crippen LogP) is 2.74. The van der Waals surface area contributed by atoms with Gasteiger partial charge in [0.1, 0.15) is 5.75 Å². The van der Waals surface area contributed by atoms with Crippen LogP contribution in [0, 0.1) is 0 Å². The molecule has 1 aromatic carbocycles. The summed E-state index contributed by atoms with van der Waals surface area (Å²) >= 11 is 0. The predicted molar refractivity (Wildman–Crippen MR) is 86.3 cm³/mol. The molecule has 118 valence electrons. The van der Waals surface area contributed by atoms with Crippen molar-refractivity contribution in [3.05, 3.63) is 42.2 Å². The number of methoxy groups -OCH3 is 1. The minimum absolute atomic E-state index is 0.213. The van der Waals surface area contributed by atoms with Crippen LogP contribution in [0.15, 0.2) is 36.7 Å². The molecule has 0 aliphatic carbocycles. The van der Waals surface area contributed by atoms with Gasteiger partial charge in [-0.05, 0) is 30.0 Å². The smallest absolute Gasteiger partial charge is 0.319 e. The molecule has 0 saturated heterocycles. The van der Waals surface area contributed by atoms with Crippen molar-refractivity contribution in [1.29, 1.82) is 0 Å². The standard InChI is InChI=1S/C16H22N4O2/c1-12(13-4-6-15(22-3)7-5-13)8-9-17-16(21)19-14-10-18-20(2)11-14/h4-7,10-12H,8-9H2,1-3H3,(H2,17,19,21). The number of benzene rings is 1. The van der Waals surface area contributed by atoms with Gasteiger partial charge >= 0.3 is 6.03 Å². The molecule has 22 heavy (non-hydrogen) atoms. The molecule has 0 bridgehead atoms. The number of ether oxygens (including phenoxy) is 1. The Balaban J connectivity index is 1.73. The second kappa shape index (κ2) is 7.49. The molecule has 1 aromatic heterocycles. The van der Waals surface area contributed by atoms with Crippen molar-refractivity contribution in [3.63, 3.8) is 0 Å². The number of aromatic nitrogens is 2. The molecule has 0 aliphatic heterocycles. The summed E-state index contributed by atoms with van der Waals surface area (Å²) in [6.07, 6.45) is 4.23. The first-order valence-electron chi connectivity index (χ1n) is 7.26. The van der Waals surface area contributed by atoms with Gasteiger partial charge in [-0.15, -0.1) is 0 Å². The van der Waals surface area contributed by atoms with Crippen LogP contribution in [0.1, 0.15) is 24.8 Å². The van der Waals surface area contributed by atoms with E-state index < -0.39 is 0 Å². The molecule has 1 unspecified atom stereocenters. The fraction of sp³-hybridized carbons (Fsp3) is 0.375. The van der Waals surface area contributed by atoms with Gasteiger partial charge in [0.05, 0.1) is 19.0 Å². The van der Waals surface area contributed by atoms with Crippen LogP contribution in [0.25, 0.3) is 0 Å². The van der Waals surface area contributed by atoms with Gasteiger partial charge in [-0.25, -0.2) is 4.79 Å². The summed E-state index contributed by atoms with van der Waals surface area (Å²) in [6.45, 7) is 2.75. The fourth-order valence-corrected chi connectivity index (χ4v) is 2.16. The van der Waals surface area contributed by atoms with Crippen LogP contribution >= 0.6 is 0 Å². The Labute approximate surface area is 130 Å². The van der Waals surface area contributed by atoms with Crippen LogP contribution in [-0.4, -0.2) is 29.5 Å². The van der Waals surface area contributed by atoms with Crippen molar-refractivity contribution in [2.45, 2.75) is 19.3 Å². The molecule has 6 heteroatoms.